The van der Waals surface area contributed by atoms with Crippen LogP contribution in [0.1, 0.15) is 38.5 Å². The second kappa shape index (κ2) is 5.61. The van der Waals surface area contributed by atoms with Crippen LogP contribution in [-0.4, -0.2) is 33.0 Å². The highest BCUT2D eigenvalue weighted by Crippen LogP contribution is 2.65. The highest BCUT2D eigenvalue weighted by atomic mass is 32.2. The molecule has 2 atom stereocenters. The van der Waals surface area contributed by atoms with Crippen molar-refractivity contribution < 1.29 is 31.1 Å². The van der Waals surface area contributed by atoms with Crippen molar-refractivity contribution in [2.75, 3.05) is 13.2 Å². The third-order valence-electron chi connectivity index (χ3n) is 5.55. The van der Waals surface area contributed by atoms with Gasteiger partial charge in [-0.05, 0) is 56.3 Å². The molecule has 5 nitrogen and oxygen atoms in total. The topological polar surface area (TPSA) is 72.5 Å². The molecule has 4 fully saturated rings. The first-order chi connectivity index (χ1) is 10.6. The molecule has 4 aliphatic carbocycles. The summed E-state index contributed by atoms with van der Waals surface area (Å²) < 4.78 is 64.7. The summed E-state index contributed by atoms with van der Waals surface area (Å²) in [6.45, 7) is -0.472. The molecule has 132 valence electrons. The average molecular weight is 355 g/mol. The predicted molar refractivity (Wildman–Crippen MR) is 74.5 cm³/mol. The molecule has 0 heterocycles. The molecule has 0 aromatic heterocycles. The number of nitrogens with one attached hydrogen (secondary N) is 1. The molecule has 0 spiro atoms. The lowest BCUT2D eigenvalue weighted by atomic mass is 9.75. The molecule has 4 bridgehead atoms. The number of alkyl halides is 3. The zero-order chi connectivity index (χ0) is 16.9. The van der Waals surface area contributed by atoms with E-state index in [-0.39, 0.29) is 24.4 Å². The minimum absolute atomic E-state index is 0.0225. The second-order valence-corrected chi connectivity index (χ2v) is 8.79. The van der Waals surface area contributed by atoms with E-state index >= 15 is 0 Å². The van der Waals surface area contributed by atoms with Crippen LogP contribution in [0.25, 0.3) is 0 Å². The fourth-order valence-electron chi connectivity index (χ4n) is 4.80. The Kier molecular flexibility index (Phi) is 4.15. The highest BCUT2D eigenvalue weighted by molar-refractivity contribution is 7.90. The summed E-state index contributed by atoms with van der Waals surface area (Å²) in [5, 5.41) is 0. The van der Waals surface area contributed by atoms with Gasteiger partial charge in [-0.25, -0.2) is 13.1 Å². The molecule has 0 aromatic rings. The van der Waals surface area contributed by atoms with Gasteiger partial charge in [-0.2, -0.15) is 13.2 Å². The van der Waals surface area contributed by atoms with Crippen molar-refractivity contribution in [1.82, 2.24) is 4.72 Å². The fourth-order valence-corrected chi connectivity index (χ4v) is 5.38. The van der Waals surface area contributed by atoms with E-state index in [1.54, 1.807) is 0 Å². The molecule has 0 amide bonds. The van der Waals surface area contributed by atoms with Gasteiger partial charge in [0, 0.05) is 6.54 Å². The van der Waals surface area contributed by atoms with Gasteiger partial charge in [-0.15, -0.1) is 0 Å². The lowest BCUT2D eigenvalue weighted by Gasteiger charge is -2.30. The Bertz CT molecular complexity index is 575. The maximum atomic E-state index is 12.4. The van der Waals surface area contributed by atoms with Gasteiger partial charge in [0.1, 0.15) is 0 Å². The van der Waals surface area contributed by atoms with Gasteiger partial charge >= 0.3 is 21.5 Å². The standard InChI is InChI=1S/C14H20F3NO4S/c15-14(16,17)23(20,21)18-2-1-3-22-12(19)13-7-9-4-10(8-13)6-11(13)5-9/h9-11,18H,1-8H2. The Morgan fingerprint density at radius 1 is 1.17 bits per heavy atom. The molecule has 23 heavy (non-hydrogen) atoms. The first kappa shape index (κ1) is 17.0. The van der Waals surface area contributed by atoms with Gasteiger partial charge in [0.2, 0.25) is 0 Å². The van der Waals surface area contributed by atoms with Crippen molar-refractivity contribution in [3.63, 3.8) is 0 Å². The molecule has 0 aliphatic heterocycles. The van der Waals surface area contributed by atoms with Gasteiger partial charge in [-0.1, -0.05) is 0 Å². The minimum atomic E-state index is -5.32. The number of ether oxygens (including phenoxy) is 1. The van der Waals surface area contributed by atoms with E-state index in [0.29, 0.717) is 17.8 Å². The lowest BCUT2D eigenvalue weighted by Crippen LogP contribution is -2.38. The number of esters is 1. The van der Waals surface area contributed by atoms with E-state index in [1.807, 2.05) is 0 Å². The number of carbonyl (C=O) groups excluding carboxylic acids is 1. The molecule has 0 saturated heterocycles. The summed E-state index contributed by atoms with van der Waals surface area (Å²) in [6, 6.07) is 0. The van der Waals surface area contributed by atoms with Crippen LogP contribution < -0.4 is 4.72 Å². The molecular weight excluding hydrogens is 335 g/mol. The van der Waals surface area contributed by atoms with Crippen molar-refractivity contribution in [3.8, 4) is 0 Å². The first-order valence-corrected chi connectivity index (χ1v) is 9.35. The summed E-state index contributed by atoms with van der Waals surface area (Å²) in [7, 11) is -5.32. The van der Waals surface area contributed by atoms with Crippen LogP contribution in [0.2, 0.25) is 0 Å². The summed E-state index contributed by atoms with van der Waals surface area (Å²) >= 11 is 0. The van der Waals surface area contributed by atoms with Crippen LogP contribution in [-0.2, 0) is 19.6 Å². The van der Waals surface area contributed by atoms with Crippen LogP contribution >= 0.6 is 0 Å². The second-order valence-electron chi connectivity index (χ2n) is 7.03. The first-order valence-electron chi connectivity index (χ1n) is 7.87. The quantitative estimate of drug-likeness (QED) is 0.586. The molecule has 0 aromatic carbocycles. The number of halogens is 3. The summed E-state index contributed by atoms with van der Waals surface area (Å²) in [5.74, 6) is 1.37. The van der Waals surface area contributed by atoms with Crippen LogP contribution in [0.5, 0.6) is 0 Å². The minimum Gasteiger partial charge on any atom is -0.465 e. The van der Waals surface area contributed by atoms with Gasteiger partial charge < -0.3 is 4.74 Å². The largest absolute Gasteiger partial charge is 0.511 e. The van der Waals surface area contributed by atoms with Crippen molar-refractivity contribution >= 4 is 16.0 Å². The summed E-state index contributed by atoms with van der Waals surface area (Å²) in [4.78, 5) is 12.4. The van der Waals surface area contributed by atoms with Crippen LogP contribution in [0, 0.1) is 23.2 Å². The van der Waals surface area contributed by atoms with E-state index < -0.39 is 22.1 Å². The van der Waals surface area contributed by atoms with Crippen molar-refractivity contribution in [3.05, 3.63) is 0 Å². The van der Waals surface area contributed by atoms with Crippen LogP contribution in [0.3, 0.4) is 0 Å². The SMILES string of the molecule is O=C(OCCCNS(=O)(=O)C(F)(F)F)C12CC3CC(CC1C3)C2. The smallest absolute Gasteiger partial charge is 0.465 e. The zero-order valence-corrected chi connectivity index (χ0v) is 13.4. The van der Waals surface area contributed by atoms with E-state index in [2.05, 4.69) is 0 Å². The monoisotopic (exact) mass is 355 g/mol. The number of hydrogen-bond acceptors (Lipinski definition) is 4. The molecule has 4 aliphatic rings. The number of sulfonamides is 1. The van der Waals surface area contributed by atoms with Crippen molar-refractivity contribution in [1.29, 1.82) is 0 Å². The van der Waals surface area contributed by atoms with E-state index in [1.165, 1.54) is 11.1 Å². The normalized spacial score (nSPS) is 35.7. The van der Waals surface area contributed by atoms with Crippen molar-refractivity contribution in [2.24, 2.45) is 23.2 Å². The number of rotatable bonds is 6. The average Bonchev–Trinajstić information content (AvgIpc) is 2.83. The predicted octanol–water partition coefficient (Wildman–Crippen LogP) is 2.19. The van der Waals surface area contributed by atoms with E-state index in [9.17, 15) is 26.4 Å². The molecular formula is C14H20F3NO4S. The zero-order valence-electron chi connectivity index (χ0n) is 12.6. The van der Waals surface area contributed by atoms with Crippen LogP contribution in [0.4, 0.5) is 13.2 Å². The Hall–Kier alpha value is -0.830. The Labute approximate surface area is 133 Å². The van der Waals surface area contributed by atoms with E-state index in [4.69, 9.17) is 4.74 Å². The van der Waals surface area contributed by atoms with Gasteiger partial charge in [0.05, 0.1) is 12.0 Å². The maximum Gasteiger partial charge on any atom is 0.511 e. The molecule has 9 heteroatoms. The number of hydrogen-bond donors (Lipinski definition) is 1. The Balaban J connectivity index is 1.43. The lowest BCUT2D eigenvalue weighted by molar-refractivity contribution is -0.158. The third kappa shape index (κ3) is 2.97. The van der Waals surface area contributed by atoms with Crippen molar-refractivity contribution in [2.45, 2.75) is 44.0 Å². The van der Waals surface area contributed by atoms with Crippen LogP contribution in [0.15, 0.2) is 0 Å². The molecule has 0 radical (unpaired) electrons. The molecule has 2 unspecified atom stereocenters. The maximum absolute atomic E-state index is 12.4. The van der Waals surface area contributed by atoms with Gasteiger partial charge in [0.15, 0.2) is 0 Å². The fraction of sp³-hybridized carbons (Fsp3) is 0.929. The number of carbonyl (C=O) groups is 1. The van der Waals surface area contributed by atoms with Gasteiger partial charge in [-0.3, -0.25) is 4.79 Å². The summed E-state index contributed by atoms with van der Waals surface area (Å²) in [6.07, 6.45) is 5.12. The highest BCUT2D eigenvalue weighted by Gasteiger charge is 2.62. The summed E-state index contributed by atoms with van der Waals surface area (Å²) in [5.41, 5.74) is -5.69. The molecule has 4 rings (SSSR count). The third-order valence-corrected chi connectivity index (χ3v) is 6.74. The Morgan fingerprint density at radius 2 is 1.78 bits per heavy atom. The van der Waals surface area contributed by atoms with Gasteiger partial charge in [0.25, 0.3) is 0 Å². The molecule has 4 saturated carbocycles. The molecule has 1 N–H and O–H groups in total. The van der Waals surface area contributed by atoms with E-state index in [0.717, 1.165) is 25.7 Å². The Morgan fingerprint density at radius 3 is 2.35 bits per heavy atom.